The number of nitrogens with one attached hydrogen (secondary N) is 1. The minimum absolute atomic E-state index is 0.0602. The van der Waals surface area contributed by atoms with Crippen LogP contribution in [0.3, 0.4) is 0 Å². The zero-order valence-corrected chi connectivity index (χ0v) is 11.9. The van der Waals surface area contributed by atoms with Gasteiger partial charge >= 0.3 is 0 Å². The quantitative estimate of drug-likeness (QED) is 0.762. The maximum atomic E-state index is 13.6. The molecule has 0 aliphatic heterocycles. The van der Waals surface area contributed by atoms with E-state index in [0.29, 0.717) is 12.0 Å². The van der Waals surface area contributed by atoms with Gasteiger partial charge in [0.2, 0.25) is 0 Å². The largest absolute Gasteiger partial charge is 0.380 e. The average molecular weight is 265 g/mol. The highest BCUT2D eigenvalue weighted by atomic mass is 19.1. The highest BCUT2D eigenvalue weighted by Crippen LogP contribution is 2.32. The van der Waals surface area contributed by atoms with Crippen LogP contribution in [0.5, 0.6) is 0 Å². The van der Waals surface area contributed by atoms with Crippen LogP contribution < -0.4 is 5.32 Å². The lowest BCUT2D eigenvalue weighted by Gasteiger charge is -2.14. The highest BCUT2D eigenvalue weighted by molar-refractivity contribution is 5.35. The van der Waals surface area contributed by atoms with Crippen molar-refractivity contribution in [1.82, 2.24) is 5.32 Å². The van der Waals surface area contributed by atoms with Crippen molar-refractivity contribution in [3.8, 4) is 0 Å². The lowest BCUT2D eigenvalue weighted by atomic mass is 10.1. The van der Waals surface area contributed by atoms with Gasteiger partial charge in [-0.05, 0) is 42.4 Å². The molecule has 0 heterocycles. The van der Waals surface area contributed by atoms with E-state index in [-0.39, 0.29) is 5.82 Å². The van der Waals surface area contributed by atoms with E-state index in [0.717, 1.165) is 50.1 Å². The van der Waals surface area contributed by atoms with Gasteiger partial charge in [0.25, 0.3) is 0 Å². The number of fused-ring (bicyclic) bond motifs is 1. The van der Waals surface area contributed by atoms with Crippen LogP contribution in [0.25, 0.3) is 0 Å². The van der Waals surface area contributed by atoms with Crippen LogP contribution >= 0.6 is 0 Å². The first-order valence-electron chi connectivity index (χ1n) is 7.27. The Morgan fingerprint density at radius 1 is 1.37 bits per heavy atom. The first-order valence-corrected chi connectivity index (χ1v) is 7.27. The summed E-state index contributed by atoms with van der Waals surface area (Å²) in [6.45, 7) is 6.79. The Morgan fingerprint density at radius 2 is 2.21 bits per heavy atom. The van der Waals surface area contributed by atoms with E-state index >= 15 is 0 Å². The van der Waals surface area contributed by atoms with E-state index in [1.165, 1.54) is 0 Å². The molecule has 0 spiro atoms. The smallest absolute Gasteiger partial charge is 0.126 e. The van der Waals surface area contributed by atoms with Gasteiger partial charge in [-0.3, -0.25) is 0 Å². The fourth-order valence-corrected chi connectivity index (χ4v) is 2.55. The molecule has 1 N–H and O–H groups in total. The number of ether oxygens (including phenoxy) is 1. The van der Waals surface area contributed by atoms with Gasteiger partial charge in [-0.15, -0.1) is 0 Å². The number of hydrogen-bond acceptors (Lipinski definition) is 2. The molecule has 106 valence electrons. The Hall–Kier alpha value is -0.930. The van der Waals surface area contributed by atoms with Crippen LogP contribution in [0.2, 0.25) is 0 Å². The van der Waals surface area contributed by atoms with Crippen LogP contribution in [0, 0.1) is 11.7 Å². The predicted octanol–water partition coefficient (Wildman–Crippen LogP) is 3.47. The van der Waals surface area contributed by atoms with Gasteiger partial charge < -0.3 is 10.1 Å². The van der Waals surface area contributed by atoms with Crippen molar-refractivity contribution in [2.24, 2.45) is 5.92 Å². The fourth-order valence-electron chi connectivity index (χ4n) is 2.55. The van der Waals surface area contributed by atoms with Gasteiger partial charge in [-0.2, -0.15) is 0 Å². The summed E-state index contributed by atoms with van der Waals surface area (Å²) in [5, 5.41) is 3.46. The number of rotatable bonds is 7. The molecule has 19 heavy (non-hydrogen) atoms. The summed E-state index contributed by atoms with van der Waals surface area (Å²) < 4.78 is 19.2. The molecule has 0 fully saturated rings. The van der Waals surface area contributed by atoms with E-state index in [1.807, 2.05) is 6.07 Å². The molecule has 2 nitrogen and oxygen atoms in total. The first-order chi connectivity index (χ1) is 9.18. The molecule has 1 unspecified atom stereocenters. The second-order valence-electron chi connectivity index (χ2n) is 5.65. The summed E-state index contributed by atoms with van der Waals surface area (Å²) in [7, 11) is 0. The number of halogens is 1. The minimum atomic E-state index is -0.0602. The lowest BCUT2D eigenvalue weighted by Crippen LogP contribution is -2.24. The maximum Gasteiger partial charge on any atom is 0.126 e. The predicted molar refractivity (Wildman–Crippen MR) is 75.7 cm³/mol. The summed E-state index contributed by atoms with van der Waals surface area (Å²) in [4.78, 5) is 0. The first kappa shape index (κ1) is 14.5. The average Bonchev–Trinajstić information content (AvgIpc) is 2.78. The second kappa shape index (κ2) is 7.01. The van der Waals surface area contributed by atoms with E-state index in [2.05, 4.69) is 19.2 Å². The summed E-state index contributed by atoms with van der Waals surface area (Å²) in [5.41, 5.74) is 2.02. The van der Waals surface area contributed by atoms with Crippen molar-refractivity contribution in [3.05, 3.63) is 35.1 Å². The molecular formula is C16H24FNO. The van der Waals surface area contributed by atoms with Crippen molar-refractivity contribution in [1.29, 1.82) is 0 Å². The molecule has 2 rings (SSSR count). The molecule has 1 aromatic rings. The fraction of sp³-hybridized carbons (Fsp3) is 0.625. The molecular weight excluding hydrogens is 241 g/mol. The van der Waals surface area contributed by atoms with Crippen molar-refractivity contribution >= 4 is 0 Å². The van der Waals surface area contributed by atoms with E-state index in [9.17, 15) is 4.39 Å². The summed E-state index contributed by atoms with van der Waals surface area (Å²) in [6.07, 6.45) is 2.94. The topological polar surface area (TPSA) is 21.3 Å². The van der Waals surface area contributed by atoms with Gasteiger partial charge in [0.15, 0.2) is 0 Å². The third-order valence-electron chi connectivity index (χ3n) is 3.69. The standard InChI is InChI=1S/C16H24FNO/c1-12(2)8-10-19-11-9-18-16-7-6-13-14(16)4-3-5-15(13)17/h3-5,12,16,18H,6-11H2,1-2H3. The Bertz CT molecular complexity index is 406. The third kappa shape index (κ3) is 4.02. The molecule has 0 aromatic heterocycles. The number of benzene rings is 1. The van der Waals surface area contributed by atoms with Crippen LogP contribution in [0.15, 0.2) is 18.2 Å². The van der Waals surface area contributed by atoms with Crippen molar-refractivity contribution in [2.75, 3.05) is 19.8 Å². The molecule has 1 aliphatic carbocycles. The van der Waals surface area contributed by atoms with E-state index in [1.54, 1.807) is 12.1 Å². The second-order valence-corrected chi connectivity index (χ2v) is 5.65. The Labute approximate surface area is 115 Å². The summed E-state index contributed by atoms with van der Waals surface area (Å²) >= 11 is 0. The molecule has 0 bridgehead atoms. The van der Waals surface area contributed by atoms with Gasteiger partial charge in [0.05, 0.1) is 6.61 Å². The molecule has 1 atom stereocenters. The van der Waals surface area contributed by atoms with Crippen LogP contribution in [0.4, 0.5) is 4.39 Å². The monoisotopic (exact) mass is 265 g/mol. The highest BCUT2D eigenvalue weighted by Gasteiger charge is 2.23. The molecule has 0 radical (unpaired) electrons. The Kier molecular flexibility index (Phi) is 5.34. The number of hydrogen-bond donors (Lipinski definition) is 1. The van der Waals surface area contributed by atoms with Gasteiger partial charge in [-0.1, -0.05) is 26.0 Å². The van der Waals surface area contributed by atoms with Crippen LogP contribution in [-0.4, -0.2) is 19.8 Å². The van der Waals surface area contributed by atoms with Crippen LogP contribution in [-0.2, 0) is 11.2 Å². The summed E-state index contributed by atoms with van der Waals surface area (Å²) in [6, 6.07) is 5.67. The Balaban J connectivity index is 1.70. The van der Waals surface area contributed by atoms with Crippen molar-refractivity contribution < 1.29 is 9.13 Å². The van der Waals surface area contributed by atoms with Gasteiger partial charge in [0.1, 0.15) is 5.82 Å². The van der Waals surface area contributed by atoms with Crippen molar-refractivity contribution in [3.63, 3.8) is 0 Å². The zero-order chi connectivity index (χ0) is 13.7. The lowest BCUT2D eigenvalue weighted by molar-refractivity contribution is 0.123. The maximum absolute atomic E-state index is 13.6. The molecule has 1 aliphatic rings. The SMILES string of the molecule is CC(C)CCOCCNC1CCc2c(F)cccc21. The normalized spacial score (nSPS) is 18.0. The third-order valence-corrected chi connectivity index (χ3v) is 3.69. The molecule has 1 aromatic carbocycles. The zero-order valence-electron chi connectivity index (χ0n) is 11.9. The van der Waals surface area contributed by atoms with Crippen LogP contribution in [0.1, 0.15) is 43.9 Å². The Morgan fingerprint density at radius 3 is 3.00 bits per heavy atom. The van der Waals surface area contributed by atoms with E-state index < -0.39 is 0 Å². The summed E-state index contributed by atoms with van der Waals surface area (Å²) in [5.74, 6) is 0.632. The van der Waals surface area contributed by atoms with Crippen molar-refractivity contribution in [2.45, 2.75) is 39.2 Å². The molecule has 0 saturated carbocycles. The van der Waals surface area contributed by atoms with E-state index in [4.69, 9.17) is 4.74 Å². The van der Waals surface area contributed by atoms with Gasteiger partial charge in [-0.25, -0.2) is 4.39 Å². The molecule has 0 saturated heterocycles. The molecule has 3 heteroatoms. The minimum Gasteiger partial charge on any atom is -0.380 e. The molecule has 0 amide bonds. The van der Waals surface area contributed by atoms with Gasteiger partial charge in [0, 0.05) is 19.2 Å².